The Hall–Kier alpha value is -3.42. The van der Waals surface area contributed by atoms with E-state index in [9.17, 15) is 14.3 Å². The van der Waals surface area contributed by atoms with Crippen molar-refractivity contribution in [2.45, 2.75) is 31.9 Å². The van der Waals surface area contributed by atoms with E-state index in [2.05, 4.69) is 0 Å². The highest BCUT2D eigenvalue weighted by Gasteiger charge is 2.35. The Morgan fingerprint density at radius 2 is 1.94 bits per heavy atom. The molecule has 0 spiro atoms. The summed E-state index contributed by atoms with van der Waals surface area (Å²) in [6.07, 6.45) is -0.509. The van der Waals surface area contributed by atoms with Crippen LogP contribution in [0.4, 0.5) is 10.1 Å². The van der Waals surface area contributed by atoms with E-state index < -0.39 is 6.10 Å². The van der Waals surface area contributed by atoms with E-state index in [1.165, 1.54) is 12.1 Å². The lowest BCUT2D eigenvalue weighted by molar-refractivity contribution is -0.117. The molecule has 2 heterocycles. The quantitative estimate of drug-likeness (QED) is 0.389. The van der Waals surface area contributed by atoms with E-state index in [1.54, 1.807) is 29.2 Å². The number of aliphatic hydroxyl groups is 1. The molecular formula is C27H25ClFN3O3. The van der Waals surface area contributed by atoms with Crippen LogP contribution in [0.2, 0.25) is 5.02 Å². The number of carbonyl (C=O) groups is 1. The standard InChI is InChI=1S/C27H25ClFN3O3/c1-17-12-22(10-11-23(17)28)35-16-21(33)15-32-25-5-3-2-4-24(25)30-27(32)18-13-26(34)31(14-18)20-8-6-19(29)7-9-20/h2-12,18,21,33H,13-16H2,1H3/t18-,21+/m0/s1. The van der Waals surface area contributed by atoms with Crippen molar-refractivity contribution in [2.24, 2.45) is 0 Å². The van der Waals surface area contributed by atoms with Crippen molar-refractivity contribution in [2.75, 3.05) is 18.1 Å². The number of carbonyl (C=O) groups excluding carboxylic acids is 1. The summed E-state index contributed by atoms with van der Waals surface area (Å²) in [5.41, 5.74) is 3.25. The first kappa shape index (κ1) is 23.3. The van der Waals surface area contributed by atoms with Gasteiger partial charge in [-0.25, -0.2) is 9.37 Å². The second-order valence-corrected chi connectivity index (χ2v) is 9.23. The Bertz CT molecular complexity index is 1370. The van der Waals surface area contributed by atoms with E-state index in [4.69, 9.17) is 21.3 Å². The summed E-state index contributed by atoms with van der Waals surface area (Å²) in [6.45, 7) is 2.69. The van der Waals surface area contributed by atoms with E-state index in [1.807, 2.05) is 41.8 Å². The number of amides is 1. The molecule has 1 aliphatic heterocycles. The second-order valence-electron chi connectivity index (χ2n) is 8.83. The smallest absolute Gasteiger partial charge is 0.227 e. The van der Waals surface area contributed by atoms with Crippen molar-refractivity contribution in [3.8, 4) is 5.75 Å². The number of aromatic nitrogens is 2. The van der Waals surface area contributed by atoms with Crippen LogP contribution in [0.5, 0.6) is 5.75 Å². The number of imidazole rings is 1. The van der Waals surface area contributed by atoms with Gasteiger partial charge in [0.15, 0.2) is 0 Å². The first-order valence-electron chi connectivity index (χ1n) is 11.5. The summed E-state index contributed by atoms with van der Waals surface area (Å²) in [7, 11) is 0. The minimum absolute atomic E-state index is 0.0396. The number of halogens is 2. The summed E-state index contributed by atoms with van der Waals surface area (Å²) in [4.78, 5) is 19.3. The fraction of sp³-hybridized carbons (Fsp3) is 0.259. The lowest BCUT2D eigenvalue weighted by Gasteiger charge is -2.19. The summed E-state index contributed by atoms with van der Waals surface area (Å²) < 4.78 is 21.1. The minimum atomic E-state index is -0.798. The molecule has 3 aromatic carbocycles. The average Bonchev–Trinajstić information content (AvgIpc) is 3.41. The van der Waals surface area contributed by atoms with Gasteiger partial charge < -0.3 is 19.3 Å². The second kappa shape index (κ2) is 9.68. The summed E-state index contributed by atoms with van der Waals surface area (Å²) >= 11 is 6.08. The first-order chi connectivity index (χ1) is 16.9. The highest BCUT2D eigenvalue weighted by Crippen LogP contribution is 2.33. The van der Waals surface area contributed by atoms with E-state index >= 15 is 0 Å². The maximum atomic E-state index is 13.4. The first-order valence-corrected chi connectivity index (χ1v) is 11.8. The minimum Gasteiger partial charge on any atom is -0.491 e. The van der Waals surface area contributed by atoms with E-state index in [-0.39, 0.29) is 37.2 Å². The average molecular weight is 494 g/mol. The molecule has 35 heavy (non-hydrogen) atoms. The number of aryl methyl sites for hydroxylation is 1. The lowest BCUT2D eigenvalue weighted by Crippen LogP contribution is -2.26. The predicted octanol–water partition coefficient (Wildman–Crippen LogP) is 5.10. The molecule has 0 aliphatic carbocycles. The topological polar surface area (TPSA) is 67.6 Å². The Balaban J connectivity index is 1.37. The van der Waals surface area contributed by atoms with Crippen LogP contribution in [0.15, 0.2) is 66.7 Å². The number of ether oxygens (including phenoxy) is 1. The number of para-hydroxylation sites is 2. The number of aliphatic hydroxyl groups excluding tert-OH is 1. The van der Waals surface area contributed by atoms with Crippen LogP contribution in [0.1, 0.15) is 23.7 Å². The van der Waals surface area contributed by atoms with E-state index in [0.29, 0.717) is 23.0 Å². The number of anilines is 1. The van der Waals surface area contributed by atoms with Crippen LogP contribution >= 0.6 is 11.6 Å². The number of hydrogen-bond acceptors (Lipinski definition) is 4. The Labute approximate surface area is 207 Å². The zero-order chi connectivity index (χ0) is 24.5. The number of nitrogens with zero attached hydrogens (tertiary/aromatic N) is 3. The molecule has 0 radical (unpaired) electrons. The maximum Gasteiger partial charge on any atom is 0.227 e. The van der Waals surface area contributed by atoms with Gasteiger partial charge in [-0.15, -0.1) is 0 Å². The zero-order valence-corrected chi connectivity index (χ0v) is 20.0. The summed E-state index contributed by atoms with van der Waals surface area (Å²) in [6, 6.07) is 19.0. The van der Waals surface area contributed by atoms with Crippen LogP contribution in [-0.2, 0) is 11.3 Å². The van der Waals surface area contributed by atoms with Crippen molar-refractivity contribution in [3.05, 3.63) is 89.0 Å². The van der Waals surface area contributed by atoms with Crippen LogP contribution in [0, 0.1) is 12.7 Å². The van der Waals surface area contributed by atoms with Crippen LogP contribution in [-0.4, -0.2) is 39.8 Å². The Kier molecular flexibility index (Phi) is 6.45. The van der Waals surface area contributed by atoms with Gasteiger partial charge in [0, 0.05) is 29.6 Å². The summed E-state index contributed by atoms with van der Waals surface area (Å²) in [5.74, 6) is 0.835. The van der Waals surface area contributed by atoms with Gasteiger partial charge in [-0.3, -0.25) is 4.79 Å². The van der Waals surface area contributed by atoms with Gasteiger partial charge in [-0.05, 0) is 67.1 Å². The molecular weight excluding hydrogens is 469 g/mol. The third-order valence-electron chi connectivity index (χ3n) is 6.28. The van der Waals surface area contributed by atoms with Crippen molar-refractivity contribution in [1.29, 1.82) is 0 Å². The Morgan fingerprint density at radius 1 is 1.17 bits per heavy atom. The van der Waals surface area contributed by atoms with Gasteiger partial charge in [0.1, 0.15) is 30.1 Å². The molecule has 6 nitrogen and oxygen atoms in total. The Morgan fingerprint density at radius 3 is 2.71 bits per heavy atom. The maximum absolute atomic E-state index is 13.4. The molecule has 1 N–H and O–H groups in total. The van der Waals surface area contributed by atoms with Gasteiger partial charge in [0.2, 0.25) is 5.91 Å². The molecule has 0 unspecified atom stereocenters. The molecule has 1 aliphatic rings. The van der Waals surface area contributed by atoms with Crippen molar-refractivity contribution >= 4 is 34.2 Å². The number of fused-ring (bicyclic) bond motifs is 1. The van der Waals surface area contributed by atoms with Crippen LogP contribution in [0.3, 0.4) is 0 Å². The van der Waals surface area contributed by atoms with Gasteiger partial charge in [-0.1, -0.05) is 23.7 Å². The molecule has 0 bridgehead atoms. The molecule has 1 fully saturated rings. The molecule has 1 amide bonds. The van der Waals surface area contributed by atoms with Gasteiger partial charge in [0.25, 0.3) is 0 Å². The largest absolute Gasteiger partial charge is 0.491 e. The highest BCUT2D eigenvalue weighted by atomic mass is 35.5. The third kappa shape index (κ3) is 4.88. The van der Waals surface area contributed by atoms with E-state index in [0.717, 1.165) is 22.4 Å². The number of benzene rings is 3. The zero-order valence-electron chi connectivity index (χ0n) is 19.2. The molecule has 180 valence electrons. The SMILES string of the molecule is Cc1cc(OC[C@H](O)Cn2c([C@H]3CC(=O)N(c4ccc(F)cc4)C3)nc3ccccc32)ccc1Cl. The normalized spacial score (nSPS) is 16.7. The van der Waals surface area contributed by atoms with Crippen molar-refractivity contribution < 1.29 is 19.0 Å². The lowest BCUT2D eigenvalue weighted by atomic mass is 10.1. The number of hydrogen-bond donors (Lipinski definition) is 1. The fourth-order valence-electron chi connectivity index (χ4n) is 4.51. The molecule has 8 heteroatoms. The van der Waals surface area contributed by atoms with Crippen LogP contribution < -0.4 is 9.64 Å². The molecule has 1 saturated heterocycles. The summed E-state index contributed by atoms with van der Waals surface area (Å²) in [5, 5.41) is 11.5. The molecule has 4 aromatic rings. The highest BCUT2D eigenvalue weighted by molar-refractivity contribution is 6.31. The van der Waals surface area contributed by atoms with Crippen molar-refractivity contribution in [1.82, 2.24) is 9.55 Å². The molecule has 5 rings (SSSR count). The van der Waals surface area contributed by atoms with Crippen LogP contribution in [0.25, 0.3) is 11.0 Å². The van der Waals surface area contributed by atoms with Gasteiger partial charge >= 0.3 is 0 Å². The van der Waals surface area contributed by atoms with Gasteiger partial charge in [0.05, 0.1) is 17.6 Å². The third-order valence-corrected chi connectivity index (χ3v) is 6.70. The molecule has 1 aromatic heterocycles. The molecule has 0 saturated carbocycles. The fourth-order valence-corrected chi connectivity index (χ4v) is 4.63. The predicted molar refractivity (Wildman–Crippen MR) is 134 cm³/mol. The van der Waals surface area contributed by atoms with Crippen molar-refractivity contribution in [3.63, 3.8) is 0 Å². The van der Waals surface area contributed by atoms with Gasteiger partial charge in [-0.2, -0.15) is 0 Å². The monoisotopic (exact) mass is 493 g/mol. The number of rotatable bonds is 7. The molecule has 2 atom stereocenters.